The van der Waals surface area contributed by atoms with Crippen LogP contribution in [0.5, 0.6) is 5.75 Å². The van der Waals surface area contributed by atoms with Crippen LogP contribution in [0, 0.1) is 0 Å². The zero-order chi connectivity index (χ0) is 13.9. The molecule has 1 saturated heterocycles. The highest BCUT2D eigenvalue weighted by Crippen LogP contribution is 2.34. The Hall–Kier alpha value is -1.42. The largest absolute Gasteiger partial charge is 0.489 e. The van der Waals surface area contributed by atoms with Crippen LogP contribution in [0.3, 0.4) is 0 Å². The number of rotatable bonds is 4. The molecule has 4 nitrogen and oxygen atoms in total. The third kappa shape index (κ3) is 3.53. The van der Waals surface area contributed by atoms with Crippen molar-refractivity contribution in [3.8, 4) is 5.75 Å². The lowest BCUT2D eigenvalue weighted by atomic mass is 9.92. The van der Waals surface area contributed by atoms with Crippen molar-refractivity contribution in [3.63, 3.8) is 0 Å². The lowest BCUT2D eigenvalue weighted by Crippen LogP contribution is -2.40. The first-order chi connectivity index (χ1) is 9.00. The molecule has 0 bridgehead atoms. The predicted octanol–water partition coefficient (Wildman–Crippen LogP) is 3.04. The number of benzene rings is 1. The number of nitrogen functional groups attached to an aromatic ring is 1. The van der Waals surface area contributed by atoms with Crippen molar-refractivity contribution in [2.45, 2.75) is 45.3 Å². The quantitative estimate of drug-likeness (QED) is 0.821. The number of ether oxygens (including phenoxy) is 2. The summed E-state index contributed by atoms with van der Waals surface area (Å²) in [6, 6.07) is 5.88. The van der Waals surface area contributed by atoms with Crippen LogP contribution < -0.4 is 15.8 Å². The fourth-order valence-electron chi connectivity index (χ4n) is 2.28. The van der Waals surface area contributed by atoms with E-state index in [4.69, 9.17) is 15.2 Å². The molecule has 1 aromatic rings. The highest BCUT2D eigenvalue weighted by Gasteiger charge is 2.27. The second-order valence-electron chi connectivity index (χ2n) is 5.68. The van der Waals surface area contributed by atoms with Crippen molar-refractivity contribution in [3.05, 3.63) is 18.2 Å². The van der Waals surface area contributed by atoms with E-state index in [1.54, 1.807) is 0 Å². The topological polar surface area (TPSA) is 56.5 Å². The van der Waals surface area contributed by atoms with Gasteiger partial charge in [-0.25, -0.2) is 0 Å². The van der Waals surface area contributed by atoms with Crippen LogP contribution in [-0.4, -0.2) is 24.9 Å². The van der Waals surface area contributed by atoms with Crippen LogP contribution in [0.15, 0.2) is 18.2 Å². The summed E-state index contributed by atoms with van der Waals surface area (Å²) >= 11 is 0. The first-order valence-electron chi connectivity index (χ1n) is 6.91. The fourth-order valence-corrected chi connectivity index (χ4v) is 2.28. The van der Waals surface area contributed by atoms with Gasteiger partial charge in [0.2, 0.25) is 0 Å². The van der Waals surface area contributed by atoms with Crippen LogP contribution in [-0.2, 0) is 4.74 Å². The first kappa shape index (κ1) is 14.0. The molecule has 0 atom stereocenters. The van der Waals surface area contributed by atoms with E-state index in [0.29, 0.717) is 5.69 Å². The average Bonchev–Trinajstić information content (AvgIpc) is 2.34. The maximum Gasteiger partial charge on any atom is 0.144 e. The van der Waals surface area contributed by atoms with Crippen LogP contribution in [0.25, 0.3) is 0 Å². The molecule has 0 aliphatic carbocycles. The van der Waals surface area contributed by atoms with Crippen LogP contribution in [0.2, 0.25) is 0 Å². The summed E-state index contributed by atoms with van der Waals surface area (Å²) < 4.78 is 11.1. The van der Waals surface area contributed by atoms with Crippen LogP contribution in [0.1, 0.15) is 33.6 Å². The Balaban J connectivity index is 2.15. The highest BCUT2D eigenvalue weighted by atomic mass is 16.5. The second kappa shape index (κ2) is 5.70. The number of anilines is 2. The molecule has 19 heavy (non-hydrogen) atoms. The van der Waals surface area contributed by atoms with Gasteiger partial charge in [0.05, 0.1) is 17.5 Å². The van der Waals surface area contributed by atoms with E-state index in [0.717, 1.165) is 37.5 Å². The van der Waals surface area contributed by atoms with Gasteiger partial charge in [-0.1, -0.05) is 6.07 Å². The van der Waals surface area contributed by atoms with Gasteiger partial charge in [-0.05, 0) is 45.7 Å². The molecule has 4 heteroatoms. The molecule has 0 radical (unpaired) electrons. The van der Waals surface area contributed by atoms with E-state index >= 15 is 0 Å². The number of hydrogen-bond acceptors (Lipinski definition) is 4. The molecule has 3 N–H and O–H groups in total. The molecule has 1 aromatic carbocycles. The number of hydrogen-bond donors (Lipinski definition) is 2. The molecule has 1 aliphatic rings. The maximum atomic E-state index is 6.19. The van der Waals surface area contributed by atoms with Gasteiger partial charge in [-0.15, -0.1) is 0 Å². The van der Waals surface area contributed by atoms with Crippen molar-refractivity contribution in [2.24, 2.45) is 0 Å². The molecular weight excluding hydrogens is 240 g/mol. The summed E-state index contributed by atoms with van der Waals surface area (Å²) in [5.74, 6) is 0.746. The zero-order valence-electron chi connectivity index (χ0n) is 12.0. The van der Waals surface area contributed by atoms with Gasteiger partial charge in [0, 0.05) is 18.8 Å². The Labute approximate surface area is 115 Å². The molecule has 1 fully saturated rings. The predicted molar refractivity (Wildman–Crippen MR) is 78.7 cm³/mol. The van der Waals surface area contributed by atoms with Gasteiger partial charge in [-0.3, -0.25) is 0 Å². The van der Waals surface area contributed by atoms with E-state index < -0.39 is 0 Å². The number of nitrogens with one attached hydrogen (secondary N) is 1. The summed E-state index contributed by atoms with van der Waals surface area (Å²) in [6.45, 7) is 7.81. The van der Waals surface area contributed by atoms with Gasteiger partial charge in [0.25, 0.3) is 0 Å². The summed E-state index contributed by atoms with van der Waals surface area (Å²) in [5, 5.41) is 3.55. The molecule has 106 valence electrons. The standard InChI is InChI=1S/C15H24N2O2/c1-11(2)19-13-6-4-5-12(14(13)16)17-15(3)7-9-18-10-8-15/h4-6,11,17H,7-10,16H2,1-3H3. The van der Waals surface area contributed by atoms with E-state index in [9.17, 15) is 0 Å². The van der Waals surface area contributed by atoms with E-state index in [-0.39, 0.29) is 11.6 Å². The summed E-state index contributed by atoms with van der Waals surface area (Å²) in [5.41, 5.74) is 7.86. The smallest absolute Gasteiger partial charge is 0.144 e. The molecule has 0 unspecified atom stereocenters. The normalized spacial score (nSPS) is 18.3. The van der Waals surface area contributed by atoms with E-state index in [1.807, 2.05) is 32.0 Å². The highest BCUT2D eigenvalue weighted by molar-refractivity contribution is 5.73. The summed E-state index contributed by atoms with van der Waals surface area (Å²) in [6.07, 6.45) is 2.10. The Kier molecular flexibility index (Phi) is 4.20. The van der Waals surface area contributed by atoms with Crippen molar-refractivity contribution in [2.75, 3.05) is 24.3 Å². The van der Waals surface area contributed by atoms with Crippen LogP contribution >= 0.6 is 0 Å². The van der Waals surface area contributed by atoms with Crippen molar-refractivity contribution >= 4 is 11.4 Å². The summed E-state index contributed by atoms with van der Waals surface area (Å²) in [4.78, 5) is 0. The Morgan fingerprint density at radius 3 is 2.63 bits per heavy atom. The SMILES string of the molecule is CC(C)Oc1cccc(NC2(C)CCOCC2)c1N. The molecule has 1 aliphatic heterocycles. The summed E-state index contributed by atoms with van der Waals surface area (Å²) in [7, 11) is 0. The van der Waals surface area contributed by atoms with Gasteiger partial charge in [-0.2, -0.15) is 0 Å². The molecule has 0 spiro atoms. The minimum atomic E-state index is 0.0445. The van der Waals surface area contributed by atoms with E-state index in [1.165, 1.54) is 0 Å². The Bertz CT molecular complexity index is 426. The van der Waals surface area contributed by atoms with Crippen molar-refractivity contribution < 1.29 is 9.47 Å². The van der Waals surface area contributed by atoms with Crippen molar-refractivity contribution in [1.82, 2.24) is 0 Å². The van der Waals surface area contributed by atoms with E-state index in [2.05, 4.69) is 12.2 Å². The molecule has 0 saturated carbocycles. The zero-order valence-corrected chi connectivity index (χ0v) is 12.0. The van der Waals surface area contributed by atoms with Crippen molar-refractivity contribution in [1.29, 1.82) is 0 Å². The Morgan fingerprint density at radius 1 is 1.32 bits per heavy atom. The molecule has 2 rings (SSSR count). The minimum Gasteiger partial charge on any atom is -0.489 e. The second-order valence-corrected chi connectivity index (χ2v) is 5.68. The van der Waals surface area contributed by atoms with Gasteiger partial charge >= 0.3 is 0 Å². The monoisotopic (exact) mass is 264 g/mol. The lowest BCUT2D eigenvalue weighted by Gasteiger charge is -2.36. The first-order valence-corrected chi connectivity index (χ1v) is 6.91. The van der Waals surface area contributed by atoms with Gasteiger partial charge in [0.1, 0.15) is 5.75 Å². The molecule has 0 aromatic heterocycles. The van der Waals surface area contributed by atoms with Gasteiger partial charge < -0.3 is 20.5 Å². The Morgan fingerprint density at radius 2 is 2.00 bits per heavy atom. The lowest BCUT2D eigenvalue weighted by molar-refractivity contribution is 0.0658. The average molecular weight is 264 g/mol. The molecule has 1 heterocycles. The maximum absolute atomic E-state index is 6.19. The van der Waals surface area contributed by atoms with Gasteiger partial charge in [0.15, 0.2) is 0 Å². The minimum absolute atomic E-state index is 0.0445. The third-order valence-electron chi connectivity index (χ3n) is 3.46. The molecular formula is C15H24N2O2. The number of nitrogens with two attached hydrogens (primary N) is 1. The van der Waals surface area contributed by atoms with Crippen LogP contribution in [0.4, 0.5) is 11.4 Å². The third-order valence-corrected chi connectivity index (χ3v) is 3.46. The number of para-hydroxylation sites is 1. The fraction of sp³-hybridized carbons (Fsp3) is 0.600. The molecule has 0 amide bonds.